The second-order valence-corrected chi connectivity index (χ2v) is 8.00. The maximum absolute atomic E-state index is 12.6. The van der Waals surface area contributed by atoms with Gasteiger partial charge in [0.2, 0.25) is 10.0 Å². The lowest BCUT2D eigenvalue weighted by Gasteiger charge is -2.31. The van der Waals surface area contributed by atoms with Gasteiger partial charge in [0.1, 0.15) is 5.25 Å². The van der Waals surface area contributed by atoms with Crippen molar-refractivity contribution in [1.82, 2.24) is 4.90 Å². The molecule has 0 saturated carbocycles. The van der Waals surface area contributed by atoms with Crippen LogP contribution in [0.2, 0.25) is 0 Å². The van der Waals surface area contributed by atoms with Crippen LogP contribution in [-0.4, -0.2) is 56.4 Å². The second-order valence-electron chi connectivity index (χ2n) is 5.16. The van der Waals surface area contributed by atoms with Gasteiger partial charge in [0, 0.05) is 24.4 Å². The van der Waals surface area contributed by atoms with Crippen molar-refractivity contribution in [2.75, 3.05) is 26.0 Å². The number of amides is 1. The molecule has 0 spiro atoms. The SMILES string of the molecule is COC(=O)[C@H]1CN(C(=O)c2ccc(C)c(S(N)(=O)=O)c2)CCS1. The van der Waals surface area contributed by atoms with Crippen LogP contribution in [0.15, 0.2) is 23.1 Å². The molecule has 0 aliphatic carbocycles. The van der Waals surface area contributed by atoms with Crippen molar-refractivity contribution in [2.24, 2.45) is 5.14 Å². The Balaban J connectivity index is 2.25. The zero-order valence-corrected chi connectivity index (χ0v) is 14.4. The number of hydrogen-bond donors (Lipinski definition) is 1. The van der Waals surface area contributed by atoms with Gasteiger partial charge in [-0.1, -0.05) is 6.07 Å². The van der Waals surface area contributed by atoms with Crippen LogP contribution in [0.4, 0.5) is 0 Å². The van der Waals surface area contributed by atoms with E-state index in [0.717, 1.165) is 0 Å². The molecule has 0 unspecified atom stereocenters. The van der Waals surface area contributed by atoms with E-state index in [1.807, 2.05) is 0 Å². The Morgan fingerprint density at radius 3 is 2.70 bits per heavy atom. The van der Waals surface area contributed by atoms with Gasteiger partial charge in [-0.05, 0) is 24.6 Å². The molecular formula is C14H18N2O5S2. The van der Waals surface area contributed by atoms with Crippen molar-refractivity contribution < 1.29 is 22.7 Å². The summed E-state index contributed by atoms with van der Waals surface area (Å²) in [6.07, 6.45) is 0. The van der Waals surface area contributed by atoms with Crippen molar-refractivity contribution >= 4 is 33.7 Å². The normalized spacial score (nSPS) is 18.6. The molecule has 1 aromatic carbocycles. The van der Waals surface area contributed by atoms with Crippen molar-refractivity contribution in [1.29, 1.82) is 0 Å². The van der Waals surface area contributed by atoms with Crippen molar-refractivity contribution in [3.05, 3.63) is 29.3 Å². The van der Waals surface area contributed by atoms with E-state index >= 15 is 0 Å². The highest BCUT2D eigenvalue weighted by molar-refractivity contribution is 8.00. The lowest BCUT2D eigenvalue weighted by atomic mass is 10.1. The van der Waals surface area contributed by atoms with Crippen LogP contribution in [0.25, 0.3) is 0 Å². The third kappa shape index (κ3) is 4.04. The number of hydrogen-bond acceptors (Lipinski definition) is 6. The minimum Gasteiger partial charge on any atom is -0.468 e. The molecule has 7 nitrogen and oxygen atoms in total. The number of carbonyl (C=O) groups excluding carboxylic acids is 2. The summed E-state index contributed by atoms with van der Waals surface area (Å²) in [7, 11) is -2.59. The molecule has 23 heavy (non-hydrogen) atoms. The van der Waals surface area contributed by atoms with Crippen LogP contribution in [0.5, 0.6) is 0 Å². The monoisotopic (exact) mass is 358 g/mol. The molecule has 1 aliphatic rings. The Kier molecular flexibility index (Phi) is 5.33. The summed E-state index contributed by atoms with van der Waals surface area (Å²) in [6.45, 7) is 2.32. The van der Waals surface area contributed by atoms with Crippen molar-refractivity contribution in [3.8, 4) is 0 Å². The fraction of sp³-hybridized carbons (Fsp3) is 0.429. The topological polar surface area (TPSA) is 107 Å². The molecule has 1 aromatic rings. The van der Waals surface area contributed by atoms with Gasteiger partial charge in [0.15, 0.2) is 0 Å². The van der Waals surface area contributed by atoms with Gasteiger partial charge in [0.25, 0.3) is 5.91 Å². The lowest BCUT2D eigenvalue weighted by molar-refractivity contribution is -0.140. The first-order valence-electron chi connectivity index (χ1n) is 6.86. The summed E-state index contributed by atoms with van der Waals surface area (Å²) in [5.74, 6) is -0.0925. The van der Waals surface area contributed by atoms with Crippen molar-refractivity contribution in [3.63, 3.8) is 0 Å². The Bertz CT molecular complexity index is 733. The number of benzene rings is 1. The Morgan fingerprint density at radius 2 is 2.09 bits per heavy atom. The van der Waals surface area contributed by atoms with E-state index < -0.39 is 15.3 Å². The second kappa shape index (κ2) is 6.90. The number of esters is 1. The third-order valence-corrected chi connectivity index (χ3v) is 5.77. The zero-order chi connectivity index (χ0) is 17.2. The highest BCUT2D eigenvalue weighted by Crippen LogP contribution is 2.23. The lowest BCUT2D eigenvalue weighted by Crippen LogP contribution is -2.45. The molecule has 9 heteroatoms. The Labute approximate surface area is 139 Å². The van der Waals surface area contributed by atoms with E-state index in [4.69, 9.17) is 9.88 Å². The molecule has 2 rings (SSSR count). The number of ether oxygens (including phenoxy) is 1. The molecule has 0 radical (unpaired) electrons. The summed E-state index contributed by atoms with van der Waals surface area (Å²) >= 11 is 1.44. The zero-order valence-electron chi connectivity index (χ0n) is 12.8. The van der Waals surface area contributed by atoms with Gasteiger partial charge in [-0.3, -0.25) is 9.59 Å². The number of methoxy groups -OCH3 is 1. The highest BCUT2D eigenvalue weighted by atomic mass is 32.2. The van der Waals surface area contributed by atoms with Gasteiger partial charge >= 0.3 is 5.97 Å². The van der Waals surface area contributed by atoms with Crippen molar-refractivity contribution in [2.45, 2.75) is 17.1 Å². The van der Waals surface area contributed by atoms with Gasteiger partial charge in [-0.2, -0.15) is 0 Å². The van der Waals surface area contributed by atoms with Crippen LogP contribution in [-0.2, 0) is 19.6 Å². The van der Waals surface area contributed by atoms with Crippen LogP contribution >= 0.6 is 11.8 Å². The van der Waals surface area contributed by atoms with E-state index in [1.54, 1.807) is 19.1 Å². The predicted octanol–water partition coefficient (Wildman–Crippen LogP) is 0.373. The molecule has 1 fully saturated rings. The molecule has 1 atom stereocenters. The number of rotatable bonds is 3. The van der Waals surface area contributed by atoms with E-state index in [1.165, 1.54) is 29.8 Å². The van der Waals surface area contributed by atoms with Gasteiger partial charge in [0.05, 0.1) is 12.0 Å². The standard InChI is InChI=1S/C14H18N2O5S2/c1-9-3-4-10(7-12(9)23(15,19)20)13(17)16-5-6-22-11(8-16)14(18)21-2/h3-4,7,11H,5-6,8H2,1-2H3,(H2,15,19,20)/t11-/m1/s1. The number of aryl methyl sites for hydroxylation is 1. The molecule has 1 aliphatic heterocycles. The number of nitrogens with two attached hydrogens (primary N) is 1. The van der Waals surface area contributed by atoms with E-state index in [2.05, 4.69) is 0 Å². The van der Waals surface area contributed by atoms with Crippen LogP contribution in [0, 0.1) is 6.92 Å². The average Bonchev–Trinajstić information content (AvgIpc) is 2.53. The maximum Gasteiger partial charge on any atom is 0.320 e. The summed E-state index contributed by atoms with van der Waals surface area (Å²) in [4.78, 5) is 25.7. The van der Waals surface area contributed by atoms with Crippen LogP contribution in [0.3, 0.4) is 0 Å². The number of carbonyl (C=O) groups is 2. The summed E-state index contributed by atoms with van der Waals surface area (Å²) < 4.78 is 27.9. The van der Waals surface area contributed by atoms with E-state index in [0.29, 0.717) is 17.9 Å². The van der Waals surface area contributed by atoms with E-state index in [-0.39, 0.29) is 28.9 Å². The van der Waals surface area contributed by atoms with Crippen LogP contribution in [0.1, 0.15) is 15.9 Å². The smallest absolute Gasteiger partial charge is 0.320 e. The molecular weight excluding hydrogens is 340 g/mol. The van der Waals surface area contributed by atoms with E-state index in [9.17, 15) is 18.0 Å². The minimum atomic E-state index is -3.90. The first kappa shape index (κ1) is 17.8. The first-order valence-corrected chi connectivity index (χ1v) is 9.45. The van der Waals surface area contributed by atoms with Crippen LogP contribution < -0.4 is 5.14 Å². The first-order chi connectivity index (χ1) is 10.7. The van der Waals surface area contributed by atoms with Gasteiger partial charge in [-0.25, -0.2) is 13.6 Å². The molecule has 0 bridgehead atoms. The minimum absolute atomic E-state index is 0.0701. The summed E-state index contributed by atoms with van der Waals surface area (Å²) in [6, 6.07) is 4.38. The predicted molar refractivity (Wildman–Crippen MR) is 86.7 cm³/mol. The highest BCUT2D eigenvalue weighted by Gasteiger charge is 2.30. The molecule has 0 aromatic heterocycles. The number of sulfonamides is 1. The number of primary sulfonamides is 1. The molecule has 2 N–H and O–H groups in total. The number of nitrogens with zero attached hydrogens (tertiary/aromatic N) is 1. The van der Waals surface area contributed by atoms with Gasteiger partial charge in [-0.15, -0.1) is 11.8 Å². The third-order valence-electron chi connectivity index (χ3n) is 3.56. The Morgan fingerprint density at radius 1 is 1.39 bits per heavy atom. The van der Waals surface area contributed by atoms with Gasteiger partial charge < -0.3 is 9.64 Å². The number of thioether (sulfide) groups is 1. The maximum atomic E-state index is 12.6. The molecule has 1 amide bonds. The average molecular weight is 358 g/mol. The fourth-order valence-electron chi connectivity index (χ4n) is 2.33. The summed E-state index contributed by atoms with van der Waals surface area (Å²) in [5, 5.41) is 4.74. The molecule has 1 saturated heterocycles. The quantitative estimate of drug-likeness (QED) is 0.783. The summed E-state index contributed by atoms with van der Waals surface area (Å²) in [5.41, 5.74) is 0.709. The molecule has 1 heterocycles. The largest absolute Gasteiger partial charge is 0.468 e. The Hall–Kier alpha value is -1.58. The molecule has 126 valence electrons. The fourth-order valence-corrected chi connectivity index (χ4v) is 4.27.